The minimum absolute atomic E-state index is 0.0261. The molecule has 1 aliphatic heterocycles. The van der Waals surface area contributed by atoms with Crippen molar-refractivity contribution in [2.45, 2.75) is 6.23 Å². The zero-order valence-electron chi connectivity index (χ0n) is 7.48. The van der Waals surface area contributed by atoms with Gasteiger partial charge in [0, 0.05) is 11.3 Å². The Morgan fingerprint density at radius 3 is 2.80 bits per heavy atom. The predicted molar refractivity (Wildman–Crippen MR) is 55.8 cm³/mol. The SMILES string of the molecule is O=[N+]([O-])C1=C(Cl)c2ccccc2NC1O. The number of benzene rings is 1. The molecular weight excluding hydrogens is 220 g/mol. The number of fused-ring (bicyclic) bond motifs is 1. The molecule has 15 heavy (non-hydrogen) atoms. The fraction of sp³-hybridized carbons (Fsp3) is 0.111. The highest BCUT2D eigenvalue weighted by Gasteiger charge is 2.33. The smallest absolute Gasteiger partial charge is 0.314 e. The van der Waals surface area contributed by atoms with Crippen molar-refractivity contribution >= 4 is 22.3 Å². The van der Waals surface area contributed by atoms with Crippen LogP contribution in [0.5, 0.6) is 0 Å². The van der Waals surface area contributed by atoms with Gasteiger partial charge in [-0.15, -0.1) is 0 Å². The molecule has 1 unspecified atom stereocenters. The van der Waals surface area contributed by atoms with E-state index in [9.17, 15) is 15.2 Å². The first-order valence-corrected chi connectivity index (χ1v) is 4.57. The van der Waals surface area contributed by atoms with Crippen LogP contribution in [0.25, 0.3) is 5.03 Å². The Labute approximate surface area is 90.1 Å². The molecule has 0 radical (unpaired) electrons. The average Bonchev–Trinajstić information content (AvgIpc) is 2.17. The van der Waals surface area contributed by atoms with Gasteiger partial charge in [-0.2, -0.15) is 0 Å². The largest absolute Gasteiger partial charge is 0.364 e. The summed E-state index contributed by atoms with van der Waals surface area (Å²) in [6.45, 7) is 0. The van der Waals surface area contributed by atoms with E-state index in [0.29, 0.717) is 11.3 Å². The van der Waals surface area contributed by atoms with Crippen LogP contribution in [0.15, 0.2) is 30.0 Å². The highest BCUT2D eigenvalue weighted by atomic mass is 35.5. The van der Waals surface area contributed by atoms with Gasteiger partial charge in [-0.05, 0) is 6.07 Å². The van der Waals surface area contributed by atoms with Crippen molar-refractivity contribution in [1.82, 2.24) is 0 Å². The number of nitro groups is 1. The third kappa shape index (κ3) is 1.55. The van der Waals surface area contributed by atoms with Crippen LogP contribution in [-0.2, 0) is 0 Å². The van der Waals surface area contributed by atoms with Crippen molar-refractivity contribution in [1.29, 1.82) is 0 Å². The number of rotatable bonds is 1. The van der Waals surface area contributed by atoms with Crippen LogP contribution in [0.2, 0.25) is 0 Å². The summed E-state index contributed by atoms with van der Waals surface area (Å²) in [5.41, 5.74) is 0.687. The second-order valence-electron chi connectivity index (χ2n) is 3.05. The summed E-state index contributed by atoms with van der Waals surface area (Å²) < 4.78 is 0. The van der Waals surface area contributed by atoms with Gasteiger partial charge >= 0.3 is 5.70 Å². The van der Waals surface area contributed by atoms with Gasteiger partial charge in [0.1, 0.15) is 5.03 Å². The molecule has 0 saturated carbocycles. The topological polar surface area (TPSA) is 75.4 Å². The molecule has 1 aliphatic rings. The lowest BCUT2D eigenvalue weighted by molar-refractivity contribution is -0.433. The lowest BCUT2D eigenvalue weighted by Gasteiger charge is -2.20. The van der Waals surface area contributed by atoms with Gasteiger partial charge in [0.25, 0.3) is 0 Å². The molecule has 0 spiro atoms. The quantitative estimate of drug-likeness (QED) is 0.564. The Morgan fingerprint density at radius 2 is 2.13 bits per heavy atom. The third-order valence-corrected chi connectivity index (χ3v) is 2.53. The Morgan fingerprint density at radius 1 is 1.47 bits per heavy atom. The number of hydrogen-bond donors (Lipinski definition) is 2. The van der Waals surface area contributed by atoms with E-state index in [1.807, 2.05) is 0 Å². The summed E-state index contributed by atoms with van der Waals surface area (Å²) in [6.07, 6.45) is -1.37. The molecule has 1 aromatic rings. The predicted octanol–water partition coefficient (Wildman–Crippen LogP) is 1.61. The van der Waals surface area contributed by atoms with Gasteiger partial charge in [0.15, 0.2) is 0 Å². The van der Waals surface area contributed by atoms with Crippen LogP contribution in [0, 0.1) is 10.1 Å². The van der Waals surface area contributed by atoms with Crippen LogP contribution in [0.1, 0.15) is 5.56 Å². The van der Waals surface area contributed by atoms with E-state index in [0.717, 1.165) is 0 Å². The lowest BCUT2D eigenvalue weighted by atomic mass is 10.1. The zero-order chi connectivity index (χ0) is 11.0. The van der Waals surface area contributed by atoms with E-state index in [2.05, 4.69) is 5.32 Å². The van der Waals surface area contributed by atoms with Gasteiger partial charge < -0.3 is 10.4 Å². The van der Waals surface area contributed by atoms with Crippen molar-refractivity contribution in [2.24, 2.45) is 0 Å². The van der Waals surface area contributed by atoms with E-state index < -0.39 is 16.8 Å². The number of aliphatic hydroxyl groups excluding tert-OH is 1. The molecule has 2 rings (SSSR count). The van der Waals surface area contributed by atoms with Gasteiger partial charge in [-0.3, -0.25) is 10.1 Å². The maximum atomic E-state index is 10.6. The molecule has 0 fully saturated rings. The van der Waals surface area contributed by atoms with E-state index in [1.54, 1.807) is 24.3 Å². The second kappa shape index (κ2) is 3.52. The number of halogens is 1. The van der Waals surface area contributed by atoms with E-state index >= 15 is 0 Å². The molecule has 5 nitrogen and oxygen atoms in total. The summed E-state index contributed by atoms with van der Waals surface area (Å²) in [6, 6.07) is 6.82. The highest BCUT2D eigenvalue weighted by Crippen LogP contribution is 2.35. The van der Waals surface area contributed by atoms with Crippen LogP contribution >= 0.6 is 11.6 Å². The number of anilines is 1. The normalized spacial score (nSPS) is 19.5. The molecule has 1 heterocycles. The number of para-hydroxylation sites is 1. The van der Waals surface area contributed by atoms with E-state index in [4.69, 9.17) is 11.6 Å². The molecule has 6 heteroatoms. The van der Waals surface area contributed by atoms with E-state index in [-0.39, 0.29) is 5.03 Å². The number of aliphatic hydroxyl groups is 1. The molecule has 0 saturated heterocycles. The number of hydrogen-bond acceptors (Lipinski definition) is 4. The minimum Gasteiger partial charge on any atom is -0.364 e. The summed E-state index contributed by atoms with van der Waals surface area (Å²) in [5.74, 6) is 0. The Kier molecular flexibility index (Phi) is 2.34. The summed E-state index contributed by atoms with van der Waals surface area (Å²) in [5, 5.41) is 22.7. The van der Waals surface area contributed by atoms with Gasteiger partial charge in [-0.1, -0.05) is 29.8 Å². The minimum atomic E-state index is -1.37. The van der Waals surface area contributed by atoms with Crippen molar-refractivity contribution in [2.75, 3.05) is 5.32 Å². The van der Waals surface area contributed by atoms with Crippen molar-refractivity contribution in [3.8, 4) is 0 Å². The fourth-order valence-corrected chi connectivity index (χ4v) is 1.79. The van der Waals surface area contributed by atoms with Gasteiger partial charge in [-0.25, -0.2) is 0 Å². The zero-order valence-corrected chi connectivity index (χ0v) is 8.23. The fourth-order valence-electron chi connectivity index (χ4n) is 1.45. The molecule has 1 aromatic carbocycles. The van der Waals surface area contributed by atoms with Crippen molar-refractivity contribution in [3.63, 3.8) is 0 Å². The Balaban J connectivity index is 2.62. The molecule has 0 bridgehead atoms. The molecule has 0 aliphatic carbocycles. The maximum absolute atomic E-state index is 10.6. The summed E-state index contributed by atoms with van der Waals surface area (Å²) >= 11 is 5.84. The highest BCUT2D eigenvalue weighted by molar-refractivity contribution is 6.50. The Hall–Kier alpha value is -1.59. The van der Waals surface area contributed by atoms with E-state index in [1.165, 1.54) is 0 Å². The second-order valence-corrected chi connectivity index (χ2v) is 3.43. The van der Waals surface area contributed by atoms with Crippen molar-refractivity contribution in [3.05, 3.63) is 45.6 Å². The first kappa shape index (κ1) is 9.95. The monoisotopic (exact) mass is 226 g/mol. The molecular formula is C9H7ClN2O3. The first-order valence-electron chi connectivity index (χ1n) is 4.19. The average molecular weight is 227 g/mol. The summed E-state index contributed by atoms with van der Waals surface area (Å²) in [7, 11) is 0. The number of nitrogens with zero attached hydrogens (tertiary/aromatic N) is 1. The standard InChI is InChI=1S/C9H7ClN2O3/c10-7-5-3-1-2-4-6(5)11-9(13)8(7)12(14)15/h1-4,9,11,13H. The molecule has 1 atom stereocenters. The molecule has 0 amide bonds. The van der Waals surface area contributed by atoms with Crippen molar-refractivity contribution < 1.29 is 10.0 Å². The summed E-state index contributed by atoms with van der Waals surface area (Å²) in [4.78, 5) is 9.96. The number of nitrogens with one attached hydrogen (secondary N) is 1. The maximum Gasteiger partial charge on any atom is 0.314 e. The van der Waals surface area contributed by atoms with Gasteiger partial charge in [0.05, 0.1) is 4.92 Å². The molecule has 2 N–H and O–H groups in total. The molecule has 0 aromatic heterocycles. The van der Waals surface area contributed by atoms with Crippen LogP contribution in [0.4, 0.5) is 5.69 Å². The van der Waals surface area contributed by atoms with Gasteiger partial charge in [0.2, 0.25) is 6.23 Å². The lowest BCUT2D eigenvalue weighted by Crippen LogP contribution is -2.29. The Bertz CT molecular complexity index is 458. The first-order chi connectivity index (χ1) is 7.11. The van der Waals surface area contributed by atoms with Crippen LogP contribution < -0.4 is 5.32 Å². The third-order valence-electron chi connectivity index (χ3n) is 2.14. The van der Waals surface area contributed by atoms with Crippen LogP contribution in [0.3, 0.4) is 0 Å². The van der Waals surface area contributed by atoms with Crippen LogP contribution in [-0.4, -0.2) is 16.3 Å². The molecule has 78 valence electrons.